The van der Waals surface area contributed by atoms with Crippen molar-refractivity contribution >= 4 is 23.0 Å². The third-order valence-corrected chi connectivity index (χ3v) is 6.01. The van der Waals surface area contributed by atoms with E-state index in [1.165, 1.54) is 50.6 Å². The number of nitrogens with one attached hydrogen (secondary N) is 3. The van der Waals surface area contributed by atoms with E-state index >= 15 is 0 Å². The lowest BCUT2D eigenvalue weighted by Gasteiger charge is -2.46. The zero-order valence-corrected chi connectivity index (χ0v) is 15.9. The lowest BCUT2D eigenvalue weighted by atomic mass is 9.81. The van der Waals surface area contributed by atoms with Crippen molar-refractivity contribution in [1.29, 1.82) is 0 Å². The number of aryl methyl sites for hydroxylation is 1. The first-order valence-electron chi connectivity index (χ1n) is 9.71. The summed E-state index contributed by atoms with van der Waals surface area (Å²) in [6.07, 6.45) is 9.11. The van der Waals surface area contributed by atoms with Crippen LogP contribution in [0.4, 0.5) is 5.69 Å². The molecule has 1 aromatic carbocycles. The molecule has 3 N–H and O–H groups in total. The predicted molar refractivity (Wildman–Crippen MR) is 106 cm³/mol. The van der Waals surface area contributed by atoms with E-state index in [0.29, 0.717) is 6.04 Å². The molecule has 0 saturated carbocycles. The van der Waals surface area contributed by atoms with Crippen LogP contribution in [0.1, 0.15) is 57.9 Å². The van der Waals surface area contributed by atoms with Crippen LogP contribution in [0.15, 0.2) is 24.3 Å². The summed E-state index contributed by atoms with van der Waals surface area (Å²) in [6, 6.07) is 10.8. The molecule has 0 aliphatic carbocycles. The van der Waals surface area contributed by atoms with E-state index in [2.05, 4.69) is 48.7 Å². The maximum absolute atomic E-state index is 5.56. The van der Waals surface area contributed by atoms with Crippen LogP contribution in [0.25, 0.3) is 0 Å². The summed E-state index contributed by atoms with van der Waals surface area (Å²) >= 11 is 5.56. The van der Waals surface area contributed by atoms with Gasteiger partial charge in [-0.2, -0.15) is 0 Å². The molecule has 3 nitrogen and oxygen atoms in total. The molecule has 132 valence electrons. The van der Waals surface area contributed by atoms with Gasteiger partial charge in [-0.15, -0.1) is 0 Å². The first-order valence-corrected chi connectivity index (χ1v) is 10.1. The van der Waals surface area contributed by atoms with Gasteiger partial charge in [-0.05, 0) is 62.0 Å². The summed E-state index contributed by atoms with van der Waals surface area (Å²) in [5, 5.41) is 7.73. The number of thiocarbonyl (C=S) groups is 1. The number of benzene rings is 1. The fraction of sp³-hybridized carbons (Fsp3) is 0.650. The third kappa shape index (κ3) is 4.28. The lowest BCUT2D eigenvalue weighted by molar-refractivity contribution is -0.961. The van der Waals surface area contributed by atoms with Crippen molar-refractivity contribution in [3.8, 4) is 0 Å². The average molecular weight is 347 g/mol. The van der Waals surface area contributed by atoms with Gasteiger partial charge >= 0.3 is 0 Å². The van der Waals surface area contributed by atoms with Crippen LogP contribution in [0.3, 0.4) is 0 Å². The van der Waals surface area contributed by atoms with E-state index < -0.39 is 0 Å². The van der Waals surface area contributed by atoms with E-state index in [1.54, 1.807) is 0 Å². The minimum Gasteiger partial charge on any atom is -0.359 e. The second kappa shape index (κ2) is 8.30. The Bertz CT molecular complexity index is 528. The number of fused-ring (bicyclic) bond motifs is 2. The van der Waals surface area contributed by atoms with Gasteiger partial charge in [0.15, 0.2) is 5.11 Å². The zero-order valence-electron chi connectivity index (χ0n) is 15.1. The Kier molecular flexibility index (Phi) is 6.12. The molecule has 2 saturated heterocycles. The Balaban J connectivity index is 1.53. The summed E-state index contributed by atoms with van der Waals surface area (Å²) < 4.78 is 0. The quantitative estimate of drug-likeness (QED) is 0.716. The normalized spacial score (nSPS) is 29.1. The van der Waals surface area contributed by atoms with Crippen LogP contribution in [-0.2, 0) is 6.42 Å². The number of hydrogen-bond donors (Lipinski definition) is 3. The molecule has 2 unspecified atom stereocenters. The van der Waals surface area contributed by atoms with Gasteiger partial charge in [0.1, 0.15) is 0 Å². The van der Waals surface area contributed by atoms with Crippen LogP contribution in [-0.4, -0.2) is 29.8 Å². The Hall–Kier alpha value is -1.13. The molecule has 0 radical (unpaired) electrons. The van der Waals surface area contributed by atoms with E-state index in [4.69, 9.17) is 12.2 Å². The van der Waals surface area contributed by atoms with Gasteiger partial charge in [0, 0.05) is 24.6 Å². The van der Waals surface area contributed by atoms with Crippen molar-refractivity contribution in [2.45, 2.75) is 76.9 Å². The SMILES string of the molecule is CCC[NH+]1[C@@H]2CCC[C@H]1CC(NC(=S)Nc1ccc(CC)cc1)C2. The largest absolute Gasteiger partial charge is 0.359 e. The molecule has 4 heteroatoms. The molecule has 24 heavy (non-hydrogen) atoms. The standard InChI is InChI=1S/C20H31N3S/c1-3-12-23-18-6-5-7-19(23)14-17(13-18)22-20(24)21-16-10-8-15(4-2)9-11-16/h8-11,17-19H,3-7,12-14H2,1-2H3,(H2,21,22,24)/p+1/t17?,18-,19+. The predicted octanol–water partition coefficient (Wildman–Crippen LogP) is 2.91. The Morgan fingerprint density at radius 1 is 1.12 bits per heavy atom. The molecule has 0 aromatic heterocycles. The average Bonchev–Trinajstić information content (AvgIpc) is 2.56. The molecule has 3 rings (SSSR count). The number of rotatable bonds is 5. The summed E-state index contributed by atoms with van der Waals surface area (Å²) in [6.45, 7) is 5.84. The van der Waals surface area contributed by atoms with Crippen LogP contribution in [0.5, 0.6) is 0 Å². The van der Waals surface area contributed by atoms with E-state index in [9.17, 15) is 0 Å². The first kappa shape index (κ1) is 17.7. The summed E-state index contributed by atoms with van der Waals surface area (Å²) in [5.74, 6) is 0. The fourth-order valence-electron chi connectivity index (χ4n) is 4.63. The highest BCUT2D eigenvalue weighted by molar-refractivity contribution is 7.80. The Morgan fingerprint density at radius 2 is 1.79 bits per heavy atom. The van der Waals surface area contributed by atoms with Crippen LogP contribution in [0, 0.1) is 0 Å². The topological polar surface area (TPSA) is 28.5 Å². The van der Waals surface area contributed by atoms with Crippen molar-refractivity contribution in [2.24, 2.45) is 0 Å². The summed E-state index contributed by atoms with van der Waals surface area (Å²) in [7, 11) is 0. The molecule has 1 aromatic rings. The molecule has 4 atom stereocenters. The van der Waals surface area contributed by atoms with Gasteiger partial charge < -0.3 is 15.5 Å². The van der Waals surface area contributed by atoms with Crippen molar-refractivity contribution < 1.29 is 4.90 Å². The van der Waals surface area contributed by atoms with Crippen LogP contribution >= 0.6 is 12.2 Å². The molecule has 0 spiro atoms. The fourth-order valence-corrected chi connectivity index (χ4v) is 4.91. The number of anilines is 1. The maximum atomic E-state index is 5.56. The number of hydrogen-bond acceptors (Lipinski definition) is 1. The number of piperidine rings is 2. The number of quaternary nitrogens is 1. The molecular formula is C20H32N3S+. The smallest absolute Gasteiger partial charge is 0.171 e. The molecule has 2 aliphatic rings. The first-order chi connectivity index (χ1) is 11.7. The minimum absolute atomic E-state index is 0.538. The molecular weight excluding hydrogens is 314 g/mol. The molecule has 0 amide bonds. The Morgan fingerprint density at radius 3 is 2.38 bits per heavy atom. The minimum atomic E-state index is 0.538. The summed E-state index contributed by atoms with van der Waals surface area (Å²) in [5.41, 5.74) is 2.44. The van der Waals surface area contributed by atoms with Gasteiger partial charge in [-0.25, -0.2) is 0 Å². The van der Waals surface area contributed by atoms with Gasteiger partial charge in [-0.3, -0.25) is 0 Å². The van der Waals surface area contributed by atoms with Gasteiger partial charge in [-0.1, -0.05) is 26.0 Å². The van der Waals surface area contributed by atoms with Gasteiger partial charge in [0.25, 0.3) is 0 Å². The van der Waals surface area contributed by atoms with Gasteiger partial charge in [0.2, 0.25) is 0 Å². The summed E-state index contributed by atoms with van der Waals surface area (Å²) in [4.78, 5) is 1.87. The highest BCUT2D eigenvalue weighted by atomic mass is 32.1. The van der Waals surface area contributed by atoms with Gasteiger partial charge in [0.05, 0.1) is 18.6 Å². The Labute approximate surface area is 152 Å². The third-order valence-electron chi connectivity index (χ3n) is 5.79. The molecule has 2 fully saturated rings. The highest BCUT2D eigenvalue weighted by Crippen LogP contribution is 2.22. The van der Waals surface area contributed by atoms with Crippen molar-refractivity contribution in [3.63, 3.8) is 0 Å². The zero-order chi connectivity index (χ0) is 16.9. The van der Waals surface area contributed by atoms with E-state index in [1.807, 2.05) is 4.90 Å². The molecule has 2 heterocycles. The monoisotopic (exact) mass is 346 g/mol. The lowest BCUT2D eigenvalue weighted by Crippen LogP contribution is -3.21. The van der Waals surface area contributed by atoms with E-state index in [-0.39, 0.29) is 0 Å². The second-order valence-electron chi connectivity index (χ2n) is 7.47. The van der Waals surface area contributed by atoms with E-state index in [0.717, 1.165) is 29.3 Å². The van der Waals surface area contributed by atoms with Crippen molar-refractivity contribution in [2.75, 3.05) is 11.9 Å². The van der Waals surface area contributed by atoms with Crippen LogP contribution in [0.2, 0.25) is 0 Å². The maximum Gasteiger partial charge on any atom is 0.171 e. The molecule has 2 aliphatic heterocycles. The highest BCUT2D eigenvalue weighted by Gasteiger charge is 2.41. The van der Waals surface area contributed by atoms with Crippen molar-refractivity contribution in [1.82, 2.24) is 5.32 Å². The van der Waals surface area contributed by atoms with Crippen LogP contribution < -0.4 is 15.5 Å². The second-order valence-corrected chi connectivity index (χ2v) is 7.88. The molecule has 2 bridgehead atoms. The van der Waals surface area contributed by atoms with Crippen molar-refractivity contribution in [3.05, 3.63) is 29.8 Å².